The summed E-state index contributed by atoms with van der Waals surface area (Å²) >= 11 is 1.44. The molecule has 0 bridgehead atoms. The van der Waals surface area contributed by atoms with Gasteiger partial charge in [-0.15, -0.1) is 0 Å². The van der Waals surface area contributed by atoms with Crippen molar-refractivity contribution < 1.29 is 19.0 Å². The number of hydrogen-bond acceptors (Lipinski definition) is 7. The first-order valence-electron chi connectivity index (χ1n) is 12.3. The van der Waals surface area contributed by atoms with Crippen LogP contribution in [0.15, 0.2) is 36.4 Å². The molecule has 0 N–H and O–H groups in total. The van der Waals surface area contributed by atoms with Gasteiger partial charge in [0, 0.05) is 18.7 Å². The highest BCUT2D eigenvalue weighted by atomic mass is 32.1. The van der Waals surface area contributed by atoms with Crippen LogP contribution in [-0.4, -0.2) is 62.8 Å². The smallest absolute Gasteiger partial charge is 0.260 e. The Labute approximate surface area is 212 Å². The van der Waals surface area contributed by atoms with Crippen LogP contribution >= 0.6 is 11.3 Å². The van der Waals surface area contributed by atoms with E-state index in [2.05, 4.69) is 25.7 Å². The Morgan fingerprint density at radius 1 is 0.971 bits per heavy atom. The first kappa shape index (κ1) is 26.8. The molecular weight excluding hydrogens is 462 g/mol. The molecule has 0 aliphatic carbocycles. The van der Waals surface area contributed by atoms with Gasteiger partial charge in [0.25, 0.3) is 5.91 Å². The molecule has 3 rings (SSSR count). The number of rotatable bonds is 14. The Morgan fingerprint density at radius 2 is 1.71 bits per heavy atom. The normalized spacial score (nSPS) is 11.1. The number of nitrogens with zero attached hydrogens (tertiary/aromatic N) is 3. The summed E-state index contributed by atoms with van der Waals surface area (Å²) in [6.45, 7) is 10.2. The van der Waals surface area contributed by atoms with Gasteiger partial charge in [-0.3, -0.25) is 9.69 Å². The van der Waals surface area contributed by atoms with Crippen LogP contribution in [0.2, 0.25) is 0 Å². The summed E-state index contributed by atoms with van der Waals surface area (Å²) in [4.78, 5) is 22.7. The fourth-order valence-electron chi connectivity index (χ4n) is 3.87. The van der Waals surface area contributed by atoms with Crippen LogP contribution in [0.4, 0.5) is 5.13 Å². The van der Waals surface area contributed by atoms with E-state index in [1.165, 1.54) is 11.3 Å². The number of ether oxygens (including phenoxy) is 3. The number of benzene rings is 2. The molecule has 0 spiro atoms. The molecule has 35 heavy (non-hydrogen) atoms. The highest BCUT2D eigenvalue weighted by Crippen LogP contribution is 2.40. The Hall–Kier alpha value is -2.84. The van der Waals surface area contributed by atoms with Crippen molar-refractivity contribution in [1.29, 1.82) is 0 Å². The lowest BCUT2D eigenvalue weighted by Gasteiger charge is -2.25. The number of fused-ring (bicyclic) bond motifs is 1. The number of carbonyl (C=O) groups excluding carboxylic acids is 1. The van der Waals surface area contributed by atoms with Crippen molar-refractivity contribution in [3.05, 3.63) is 42.0 Å². The molecule has 0 aliphatic heterocycles. The van der Waals surface area contributed by atoms with Gasteiger partial charge in [-0.05, 0) is 49.8 Å². The summed E-state index contributed by atoms with van der Waals surface area (Å²) in [5, 5.41) is 0.620. The predicted molar refractivity (Wildman–Crippen MR) is 144 cm³/mol. The number of hydrogen-bond donors (Lipinski definition) is 0. The summed E-state index contributed by atoms with van der Waals surface area (Å²) in [5.41, 5.74) is 1.27. The standard InChI is InChI=1S/C27H37N3O4S/c1-6-9-10-18-34-21-13-11-12-20(19-21)26(31)30(17-16-29(7-2)8-3)27-28-24-22(32-4)14-15-23(33-5)25(24)35-27/h11-15,19H,6-10,16-18H2,1-5H3. The maximum Gasteiger partial charge on any atom is 0.260 e. The minimum atomic E-state index is -0.104. The van der Waals surface area contributed by atoms with Gasteiger partial charge < -0.3 is 19.1 Å². The van der Waals surface area contributed by atoms with E-state index in [0.29, 0.717) is 46.6 Å². The lowest BCUT2D eigenvalue weighted by atomic mass is 10.2. The van der Waals surface area contributed by atoms with E-state index in [9.17, 15) is 4.79 Å². The number of amides is 1. The molecule has 3 aromatic rings. The van der Waals surface area contributed by atoms with Crippen LogP contribution in [-0.2, 0) is 0 Å². The second-order valence-electron chi connectivity index (χ2n) is 8.21. The van der Waals surface area contributed by atoms with Crippen molar-refractivity contribution in [1.82, 2.24) is 9.88 Å². The molecule has 190 valence electrons. The fraction of sp³-hybridized carbons (Fsp3) is 0.481. The maximum absolute atomic E-state index is 13.8. The van der Waals surface area contributed by atoms with Gasteiger partial charge in [-0.25, -0.2) is 4.98 Å². The number of unbranched alkanes of at least 4 members (excludes halogenated alkanes) is 2. The van der Waals surface area contributed by atoms with E-state index < -0.39 is 0 Å². The van der Waals surface area contributed by atoms with Gasteiger partial charge in [-0.2, -0.15) is 0 Å². The molecule has 1 amide bonds. The maximum atomic E-state index is 13.8. The summed E-state index contributed by atoms with van der Waals surface area (Å²) < 4.78 is 17.8. The van der Waals surface area contributed by atoms with Gasteiger partial charge in [0.1, 0.15) is 27.5 Å². The van der Waals surface area contributed by atoms with Crippen LogP contribution < -0.4 is 19.1 Å². The van der Waals surface area contributed by atoms with Crippen molar-refractivity contribution in [2.75, 3.05) is 51.9 Å². The van der Waals surface area contributed by atoms with Gasteiger partial charge in [0.05, 0.1) is 20.8 Å². The molecule has 0 unspecified atom stereocenters. The van der Waals surface area contributed by atoms with Crippen LogP contribution in [0.25, 0.3) is 10.2 Å². The zero-order valence-corrected chi connectivity index (χ0v) is 22.3. The largest absolute Gasteiger partial charge is 0.495 e. The second kappa shape index (κ2) is 13.3. The fourth-order valence-corrected chi connectivity index (χ4v) is 4.97. The van der Waals surface area contributed by atoms with Gasteiger partial charge in [-0.1, -0.05) is 51.0 Å². The monoisotopic (exact) mass is 499 g/mol. The summed E-state index contributed by atoms with van der Waals surface area (Å²) in [7, 11) is 3.26. The van der Waals surface area contributed by atoms with Gasteiger partial charge >= 0.3 is 0 Å². The lowest BCUT2D eigenvalue weighted by Crippen LogP contribution is -2.38. The quantitative estimate of drug-likeness (QED) is 0.259. The molecule has 0 fully saturated rings. The number of likely N-dealkylation sites (N-methyl/N-ethyl adjacent to an activating group) is 1. The molecule has 7 nitrogen and oxygen atoms in total. The molecular formula is C27H37N3O4S. The Bertz CT molecular complexity index is 1060. The Morgan fingerprint density at radius 3 is 2.40 bits per heavy atom. The number of thiazole rings is 1. The first-order valence-corrected chi connectivity index (χ1v) is 13.2. The Balaban J connectivity index is 1.95. The predicted octanol–water partition coefficient (Wildman–Crippen LogP) is 5.87. The average molecular weight is 500 g/mol. The zero-order chi connectivity index (χ0) is 25.2. The van der Waals surface area contributed by atoms with Crippen LogP contribution in [0.5, 0.6) is 17.2 Å². The SMILES string of the molecule is CCCCCOc1cccc(C(=O)N(CCN(CC)CC)c2nc3c(OC)ccc(OC)c3s2)c1. The first-order chi connectivity index (χ1) is 17.1. The van der Waals surface area contributed by atoms with Crippen molar-refractivity contribution in [2.45, 2.75) is 40.0 Å². The Kier molecular flexibility index (Phi) is 10.2. The zero-order valence-electron chi connectivity index (χ0n) is 21.5. The van der Waals surface area contributed by atoms with E-state index in [4.69, 9.17) is 19.2 Å². The van der Waals surface area contributed by atoms with Crippen LogP contribution in [0.3, 0.4) is 0 Å². The molecule has 1 aromatic heterocycles. The summed E-state index contributed by atoms with van der Waals surface area (Å²) in [6, 6.07) is 11.1. The van der Waals surface area contributed by atoms with E-state index in [1.807, 2.05) is 36.4 Å². The molecule has 1 heterocycles. The van der Waals surface area contributed by atoms with E-state index in [-0.39, 0.29) is 5.91 Å². The van der Waals surface area contributed by atoms with Crippen LogP contribution in [0, 0.1) is 0 Å². The summed E-state index contributed by atoms with van der Waals surface area (Å²) in [6.07, 6.45) is 3.27. The van der Waals surface area contributed by atoms with E-state index >= 15 is 0 Å². The lowest BCUT2D eigenvalue weighted by molar-refractivity contribution is 0.0983. The number of anilines is 1. The van der Waals surface area contributed by atoms with Crippen molar-refractivity contribution >= 4 is 32.6 Å². The third kappa shape index (κ3) is 6.64. The van der Waals surface area contributed by atoms with Gasteiger partial charge in [0.15, 0.2) is 5.13 Å². The molecule has 0 aliphatic rings. The number of aromatic nitrogens is 1. The van der Waals surface area contributed by atoms with Crippen molar-refractivity contribution in [3.63, 3.8) is 0 Å². The van der Waals surface area contributed by atoms with E-state index in [1.54, 1.807) is 19.1 Å². The van der Waals surface area contributed by atoms with Crippen molar-refractivity contribution in [3.8, 4) is 17.2 Å². The van der Waals surface area contributed by atoms with E-state index in [0.717, 1.165) is 43.6 Å². The molecule has 0 radical (unpaired) electrons. The van der Waals surface area contributed by atoms with Crippen molar-refractivity contribution in [2.24, 2.45) is 0 Å². The van der Waals surface area contributed by atoms with Crippen LogP contribution in [0.1, 0.15) is 50.4 Å². The third-order valence-corrected chi connectivity index (χ3v) is 7.10. The average Bonchev–Trinajstić information content (AvgIpc) is 3.33. The highest BCUT2D eigenvalue weighted by molar-refractivity contribution is 7.22. The molecule has 8 heteroatoms. The molecule has 0 atom stereocenters. The molecule has 2 aromatic carbocycles. The topological polar surface area (TPSA) is 64.1 Å². The minimum absolute atomic E-state index is 0.104. The van der Waals surface area contributed by atoms with Gasteiger partial charge in [0.2, 0.25) is 0 Å². The minimum Gasteiger partial charge on any atom is -0.495 e. The molecule has 0 saturated carbocycles. The molecule has 0 saturated heterocycles. The highest BCUT2D eigenvalue weighted by Gasteiger charge is 2.24. The third-order valence-electron chi connectivity index (χ3n) is 6.01. The number of methoxy groups -OCH3 is 2. The number of carbonyl (C=O) groups is 1. The summed E-state index contributed by atoms with van der Waals surface area (Å²) in [5.74, 6) is 1.97. The second-order valence-corrected chi connectivity index (χ2v) is 9.19.